The number of halogens is 2. The third-order valence-electron chi connectivity index (χ3n) is 2.90. The Bertz CT molecular complexity index is 229. The topological polar surface area (TPSA) is 34.1 Å². The van der Waals surface area contributed by atoms with Crippen LogP contribution in [0.3, 0.4) is 0 Å². The van der Waals surface area contributed by atoms with Gasteiger partial charge in [-0.3, -0.25) is 9.59 Å². The van der Waals surface area contributed by atoms with Crippen molar-refractivity contribution in [2.45, 2.75) is 64.7 Å². The van der Waals surface area contributed by atoms with E-state index in [1.807, 2.05) is 0 Å². The summed E-state index contributed by atoms with van der Waals surface area (Å²) in [6, 6.07) is 0. The SMILES string of the molecule is CC(CCCCCCCC(=O)Cl)CCC(=O)Cl. The van der Waals surface area contributed by atoms with E-state index in [1.54, 1.807) is 0 Å². The fraction of sp³-hybridized carbons (Fsp3) is 0.846. The fourth-order valence-electron chi connectivity index (χ4n) is 1.79. The Balaban J connectivity index is 3.21. The lowest BCUT2D eigenvalue weighted by atomic mass is 9.98. The van der Waals surface area contributed by atoms with E-state index in [9.17, 15) is 9.59 Å². The lowest BCUT2D eigenvalue weighted by molar-refractivity contribution is -0.112. The highest BCUT2D eigenvalue weighted by atomic mass is 35.5. The quantitative estimate of drug-likeness (QED) is 0.407. The van der Waals surface area contributed by atoms with Crippen molar-refractivity contribution in [2.75, 3.05) is 0 Å². The van der Waals surface area contributed by atoms with Gasteiger partial charge in [0, 0.05) is 12.8 Å². The molecule has 0 bridgehead atoms. The second kappa shape index (κ2) is 11.0. The summed E-state index contributed by atoms with van der Waals surface area (Å²) in [5, 5.41) is -0.466. The smallest absolute Gasteiger partial charge is 0.221 e. The third kappa shape index (κ3) is 13.9. The van der Waals surface area contributed by atoms with Crippen molar-refractivity contribution in [2.24, 2.45) is 5.92 Å². The molecule has 1 unspecified atom stereocenters. The molecule has 0 fully saturated rings. The van der Waals surface area contributed by atoms with Gasteiger partial charge in [0.2, 0.25) is 10.5 Å². The minimum Gasteiger partial charge on any atom is -0.281 e. The summed E-state index contributed by atoms with van der Waals surface area (Å²) in [6.07, 6.45) is 8.54. The molecule has 1 atom stereocenters. The van der Waals surface area contributed by atoms with Gasteiger partial charge in [0.05, 0.1) is 0 Å². The van der Waals surface area contributed by atoms with Crippen LogP contribution in [0.15, 0.2) is 0 Å². The van der Waals surface area contributed by atoms with Crippen molar-refractivity contribution in [1.82, 2.24) is 0 Å². The Hall–Kier alpha value is -0.0800. The number of hydrogen-bond donors (Lipinski definition) is 0. The summed E-state index contributed by atoms with van der Waals surface area (Å²) in [7, 11) is 0. The lowest BCUT2D eigenvalue weighted by Gasteiger charge is -2.09. The number of carbonyl (C=O) groups excluding carboxylic acids is 2. The van der Waals surface area contributed by atoms with Crippen molar-refractivity contribution < 1.29 is 9.59 Å². The van der Waals surface area contributed by atoms with Crippen molar-refractivity contribution in [3.8, 4) is 0 Å². The number of unbranched alkanes of at least 4 members (excludes halogenated alkanes) is 4. The zero-order valence-electron chi connectivity index (χ0n) is 10.5. The average Bonchev–Trinajstić information content (AvgIpc) is 2.24. The summed E-state index contributed by atoms with van der Waals surface area (Å²) < 4.78 is 0. The maximum Gasteiger partial charge on any atom is 0.221 e. The molecule has 0 N–H and O–H groups in total. The standard InChI is InChI=1S/C13H22Cl2O2/c1-11(9-10-13(15)17)7-5-3-2-4-6-8-12(14)16/h11H,2-10H2,1H3. The van der Waals surface area contributed by atoms with Gasteiger partial charge in [-0.15, -0.1) is 0 Å². The van der Waals surface area contributed by atoms with Crippen LogP contribution in [0, 0.1) is 5.92 Å². The van der Waals surface area contributed by atoms with Crippen LogP contribution in [0.25, 0.3) is 0 Å². The van der Waals surface area contributed by atoms with Gasteiger partial charge in [0.15, 0.2) is 0 Å². The molecule has 0 aliphatic rings. The molecule has 0 amide bonds. The molecule has 2 nitrogen and oxygen atoms in total. The predicted octanol–water partition coefficient (Wildman–Crippen LogP) is 4.66. The summed E-state index contributed by atoms with van der Waals surface area (Å²) in [5.41, 5.74) is 0. The van der Waals surface area contributed by atoms with E-state index < -0.39 is 0 Å². The maximum absolute atomic E-state index is 10.6. The van der Waals surface area contributed by atoms with Crippen LogP contribution in [0.1, 0.15) is 64.7 Å². The zero-order chi connectivity index (χ0) is 13.1. The van der Waals surface area contributed by atoms with Gasteiger partial charge in [-0.2, -0.15) is 0 Å². The monoisotopic (exact) mass is 280 g/mol. The Morgan fingerprint density at radius 2 is 1.35 bits per heavy atom. The molecule has 0 saturated heterocycles. The molecule has 0 aliphatic heterocycles. The Kier molecular flexibility index (Phi) is 11.0. The number of hydrogen-bond acceptors (Lipinski definition) is 2. The van der Waals surface area contributed by atoms with E-state index in [4.69, 9.17) is 23.2 Å². The normalized spacial score (nSPS) is 12.4. The summed E-state index contributed by atoms with van der Waals surface area (Å²) in [4.78, 5) is 21.1. The molecule has 0 radical (unpaired) electrons. The van der Waals surface area contributed by atoms with Gasteiger partial charge < -0.3 is 0 Å². The molecular formula is C13H22Cl2O2. The highest BCUT2D eigenvalue weighted by Crippen LogP contribution is 2.16. The first-order chi connectivity index (χ1) is 8.02. The lowest BCUT2D eigenvalue weighted by Crippen LogP contribution is -1.97. The summed E-state index contributed by atoms with van der Waals surface area (Å²) in [6.45, 7) is 2.16. The number of carbonyl (C=O) groups is 2. The Labute approximate surface area is 114 Å². The first kappa shape index (κ1) is 16.9. The minimum absolute atomic E-state index is 0.232. The van der Waals surface area contributed by atoms with E-state index in [1.165, 1.54) is 12.8 Å². The molecule has 0 aromatic heterocycles. The highest BCUT2D eigenvalue weighted by molar-refractivity contribution is 6.63. The Morgan fingerprint density at radius 3 is 1.94 bits per heavy atom. The molecule has 0 aromatic rings. The first-order valence-electron chi connectivity index (χ1n) is 6.39. The van der Waals surface area contributed by atoms with E-state index in [0.29, 0.717) is 18.8 Å². The van der Waals surface area contributed by atoms with E-state index in [-0.39, 0.29) is 10.5 Å². The van der Waals surface area contributed by atoms with Crippen LogP contribution in [0.4, 0.5) is 0 Å². The summed E-state index contributed by atoms with van der Waals surface area (Å²) >= 11 is 10.5. The van der Waals surface area contributed by atoms with Crippen molar-refractivity contribution in [1.29, 1.82) is 0 Å². The molecule has 17 heavy (non-hydrogen) atoms. The van der Waals surface area contributed by atoms with Crippen LogP contribution in [0.2, 0.25) is 0 Å². The van der Waals surface area contributed by atoms with Crippen LogP contribution < -0.4 is 0 Å². The van der Waals surface area contributed by atoms with Crippen molar-refractivity contribution in [3.05, 3.63) is 0 Å². The molecule has 0 saturated carbocycles. The van der Waals surface area contributed by atoms with E-state index in [2.05, 4.69) is 6.92 Å². The average molecular weight is 281 g/mol. The third-order valence-corrected chi connectivity index (χ3v) is 3.28. The van der Waals surface area contributed by atoms with Crippen molar-refractivity contribution in [3.63, 3.8) is 0 Å². The highest BCUT2D eigenvalue weighted by Gasteiger charge is 2.04. The zero-order valence-corrected chi connectivity index (χ0v) is 12.0. The molecule has 4 heteroatoms. The largest absolute Gasteiger partial charge is 0.281 e. The van der Waals surface area contributed by atoms with Crippen LogP contribution >= 0.6 is 23.2 Å². The van der Waals surface area contributed by atoms with Gasteiger partial charge >= 0.3 is 0 Å². The molecule has 0 spiro atoms. The Morgan fingerprint density at radius 1 is 0.824 bits per heavy atom. The second-order valence-corrected chi connectivity index (χ2v) is 5.50. The van der Waals surface area contributed by atoms with Crippen LogP contribution in [-0.4, -0.2) is 10.5 Å². The van der Waals surface area contributed by atoms with Gasteiger partial charge in [-0.25, -0.2) is 0 Å². The number of rotatable bonds is 11. The minimum atomic E-state index is -0.234. The molecule has 0 aliphatic carbocycles. The molecule has 0 aromatic carbocycles. The van der Waals surface area contributed by atoms with Crippen molar-refractivity contribution >= 4 is 33.7 Å². The predicted molar refractivity (Wildman–Crippen MR) is 72.4 cm³/mol. The first-order valence-corrected chi connectivity index (χ1v) is 7.14. The van der Waals surface area contributed by atoms with Crippen LogP contribution in [-0.2, 0) is 9.59 Å². The molecule has 0 rings (SSSR count). The molecule has 100 valence electrons. The summed E-state index contributed by atoms with van der Waals surface area (Å²) in [5.74, 6) is 0.571. The fourth-order valence-corrected chi connectivity index (χ4v) is 2.03. The van der Waals surface area contributed by atoms with Gasteiger partial charge in [-0.1, -0.05) is 39.0 Å². The van der Waals surface area contributed by atoms with Gasteiger partial charge in [0.1, 0.15) is 0 Å². The van der Waals surface area contributed by atoms with Gasteiger partial charge in [0.25, 0.3) is 0 Å². The molecule has 0 heterocycles. The van der Waals surface area contributed by atoms with Crippen LogP contribution in [0.5, 0.6) is 0 Å². The second-order valence-electron chi connectivity index (χ2n) is 4.66. The van der Waals surface area contributed by atoms with E-state index in [0.717, 1.165) is 32.1 Å². The molecular weight excluding hydrogens is 259 g/mol. The maximum atomic E-state index is 10.6. The van der Waals surface area contributed by atoms with Gasteiger partial charge in [-0.05, 0) is 42.0 Å². The van der Waals surface area contributed by atoms with E-state index >= 15 is 0 Å².